The summed E-state index contributed by atoms with van der Waals surface area (Å²) in [6.45, 7) is 7.85. The number of nitrogens with two attached hydrogens (primary N) is 1. The Hall–Kier alpha value is -1.39. The van der Waals surface area contributed by atoms with Crippen molar-refractivity contribution in [1.82, 2.24) is 5.43 Å². The molecule has 0 saturated heterocycles. The lowest BCUT2D eigenvalue weighted by Crippen LogP contribution is -2.27. The van der Waals surface area contributed by atoms with Crippen LogP contribution >= 0.6 is 0 Å². The molecule has 0 unspecified atom stereocenters. The number of hydrazone groups is 1. The van der Waals surface area contributed by atoms with Crippen LogP contribution < -0.4 is 11.2 Å². The van der Waals surface area contributed by atoms with Gasteiger partial charge in [-0.25, -0.2) is 5.43 Å². The molecule has 0 radical (unpaired) electrons. The summed E-state index contributed by atoms with van der Waals surface area (Å²) >= 11 is 0. The van der Waals surface area contributed by atoms with Gasteiger partial charge in [0.2, 0.25) is 5.96 Å². The second-order valence-electron chi connectivity index (χ2n) is 2.99. The predicted molar refractivity (Wildman–Crippen MR) is 61.6 cm³/mol. The predicted octanol–water partition coefficient (Wildman–Crippen LogP) is 1.46. The van der Waals surface area contributed by atoms with Crippen molar-refractivity contribution in [3.63, 3.8) is 0 Å². The van der Waals surface area contributed by atoms with Crippen molar-refractivity contribution in [3.05, 3.63) is 0 Å². The molecule has 5 nitrogen and oxygen atoms in total. The maximum atomic E-state index is 5.50. The van der Waals surface area contributed by atoms with Crippen LogP contribution in [0.2, 0.25) is 0 Å². The average Bonchev–Trinajstić information content (AvgIpc) is 2.22. The van der Waals surface area contributed by atoms with Gasteiger partial charge in [-0.05, 0) is 26.7 Å². The second kappa shape index (κ2) is 7.06. The summed E-state index contributed by atoms with van der Waals surface area (Å²) in [6, 6.07) is 0. The van der Waals surface area contributed by atoms with Gasteiger partial charge in [-0.1, -0.05) is 13.8 Å². The van der Waals surface area contributed by atoms with Gasteiger partial charge in [0, 0.05) is 11.4 Å². The van der Waals surface area contributed by atoms with E-state index in [1.54, 1.807) is 0 Å². The van der Waals surface area contributed by atoms with Crippen LogP contribution in [0.4, 0.5) is 0 Å². The standard InChI is InChI=1S/C9H19N5/c1-5-7(3)11-13-9(10)14-12-8(4)6-2/h5-6H2,1-4H3,(H3,10,13,14)/b11-7+,12-8+. The third-order valence-electron chi connectivity index (χ3n) is 1.71. The van der Waals surface area contributed by atoms with Crippen molar-refractivity contribution in [2.75, 3.05) is 0 Å². The van der Waals surface area contributed by atoms with Crippen LogP contribution in [0, 0.1) is 0 Å². The van der Waals surface area contributed by atoms with Crippen molar-refractivity contribution in [3.8, 4) is 0 Å². The molecule has 14 heavy (non-hydrogen) atoms. The van der Waals surface area contributed by atoms with E-state index in [0.29, 0.717) is 0 Å². The van der Waals surface area contributed by atoms with E-state index < -0.39 is 0 Å². The maximum absolute atomic E-state index is 5.50. The Morgan fingerprint density at radius 2 is 1.64 bits per heavy atom. The highest BCUT2D eigenvalue weighted by Crippen LogP contribution is 1.85. The lowest BCUT2D eigenvalue weighted by molar-refractivity contribution is 0.968. The van der Waals surface area contributed by atoms with Gasteiger partial charge >= 0.3 is 0 Å². The van der Waals surface area contributed by atoms with Gasteiger partial charge in [0.25, 0.3) is 0 Å². The van der Waals surface area contributed by atoms with Crippen LogP contribution in [0.25, 0.3) is 0 Å². The summed E-state index contributed by atoms with van der Waals surface area (Å²) in [7, 11) is 0. The Kier molecular flexibility index (Phi) is 6.36. The molecule has 0 aromatic carbocycles. The molecular weight excluding hydrogens is 178 g/mol. The third-order valence-corrected chi connectivity index (χ3v) is 1.71. The summed E-state index contributed by atoms with van der Waals surface area (Å²) < 4.78 is 0. The van der Waals surface area contributed by atoms with E-state index in [2.05, 4.69) is 20.7 Å². The van der Waals surface area contributed by atoms with Gasteiger partial charge in [0.15, 0.2) is 0 Å². The second-order valence-corrected chi connectivity index (χ2v) is 2.99. The molecule has 5 heteroatoms. The molecule has 0 amide bonds. The molecule has 0 aromatic rings. The summed E-state index contributed by atoms with van der Waals surface area (Å²) in [5.74, 6) is 0.214. The minimum atomic E-state index is 0.214. The minimum Gasteiger partial charge on any atom is -0.367 e. The Morgan fingerprint density at radius 1 is 1.07 bits per heavy atom. The summed E-state index contributed by atoms with van der Waals surface area (Å²) in [5.41, 5.74) is 10.0. The van der Waals surface area contributed by atoms with Crippen LogP contribution in [-0.2, 0) is 0 Å². The van der Waals surface area contributed by atoms with Crippen molar-refractivity contribution in [2.45, 2.75) is 40.5 Å². The number of hydrogen-bond acceptors (Lipinski definition) is 3. The highest BCUT2D eigenvalue weighted by Gasteiger charge is 1.89. The largest absolute Gasteiger partial charge is 0.367 e. The lowest BCUT2D eigenvalue weighted by atomic mass is 10.3. The molecule has 0 fully saturated rings. The first-order valence-corrected chi connectivity index (χ1v) is 4.75. The molecule has 0 aliphatic carbocycles. The molecule has 0 spiro atoms. The molecule has 3 N–H and O–H groups in total. The molecule has 0 aliphatic rings. The monoisotopic (exact) mass is 197 g/mol. The van der Waals surface area contributed by atoms with Crippen molar-refractivity contribution < 1.29 is 0 Å². The van der Waals surface area contributed by atoms with Gasteiger partial charge in [0.05, 0.1) is 0 Å². The van der Waals surface area contributed by atoms with Crippen LogP contribution in [0.3, 0.4) is 0 Å². The normalized spacial score (nSPS) is 14.4. The first-order chi connectivity index (χ1) is 6.60. The van der Waals surface area contributed by atoms with Gasteiger partial charge in [0.1, 0.15) is 0 Å². The maximum Gasteiger partial charge on any atom is 0.234 e. The fourth-order valence-corrected chi connectivity index (χ4v) is 0.464. The van der Waals surface area contributed by atoms with Crippen LogP contribution in [0.5, 0.6) is 0 Å². The van der Waals surface area contributed by atoms with Crippen molar-refractivity contribution in [1.29, 1.82) is 0 Å². The first-order valence-electron chi connectivity index (χ1n) is 4.75. The van der Waals surface area contributed by atoms with E-state index in [9.17, 15) is 0 Å². The number of hydrogen-bond donors (Lipinski definition) is 2. The molecule has 0 rings (SSSR count). The van der Waals surface area contributed by atoms with Crippen molar-refractivity contribution in [2.24, 2.45) is 21.0 Å². The average molecular weight is 197 g/mol. The topological polar surface area (TPSA) is 75.1 Å². The first kappa shape index (κ1) is 12.6. The van der Waals surface area contributed by atoms with E-state index in [1.165, 1.54) is 0 Å². The lowest BCUT2D eigenvalue weighted by Gasteiger charge is -1.98. The quantitative estimate of drug-likeness (QED) is 0.407. The van der Waals surface area contributed by atoms with Gasteiger partial charge in [-0.15, -0.1) is 5.10 Å². The Bertz CT molecular complexity index is 252. The summed E-state index contributed by atoms with van der Waals surface area (Å²) in [5, 5.41) is 11.6. The highest BCUT2D eigenvalue weighted by atomic mass is 15.4. The smallest absolute Gasteiger partial charge is 0.234 e. The van der Waals surface area contributed by atoms with Crippen LogP contribution in [-0.4, -0.2) is 17.4 Å². The van der Waals surface area contributed by atoms with E-state index in [0.717, 1.165) is 24.3 Å². The fraction of sp³-hybridized carbons (Fsp3) is 0.667. The van der Waals surface area contributed by atoms with Gasteiger partial charge in [-0.3, -0.25) is 0 Å². The summed E-state index contributed by atoms with van der Waals surface area (Å²) in [6.07, 6.45) is 1.76. The zero-order valence-electron chi connectivity index (χ0n) is 9.33. The highest BCUT2D eigenvalue weighted by molar-refractivity contribution is 5.86. The number of nitrogens with zero attached hydrogens (tertiary/aromatic N) is 3. The third kappa shape index (κ3) is 6.16. The Balaban J connectivity index is 4.14. The molecule has 0 aliphatic heterocycles. The van der Waals surface area contributed by atoms with Gasteiger partial charge in [-0.2, -0.15) is 10.2 Å². The van der Waals surface area contributed by atoms with Crippen LogP contribution in [0.1, 0.15) is 40.5 Å². The van der Waals surface area contributed by atoms with E-state index in [-0.39, 0.29) is 5.96 Å². The van der Waals surface area contributed by atoms with Crippen molar-refractivity contribution >= 4 is 17.4 Å². The molecule has 0 aromatic heterocycles. The number of guanidine groups is 1. The number of rotatable bonds is 4. The van der Waals surface area contributed by atoms with Gasteiger partial charge < -0.3 is 5.73 Å². The molecular formula is C9H19N5. The summed E-state index contributed by atoms with van der Waals surface area (Å²) in [4.78, 5) is 0. The molecule has 0 heterocycles. The molecule has 80 valence electrons. The molecule has 0 atom stereocenters. The minimum absolute atomic E-state index is 0.214. The Morgan fingerprint density at radius 3 is 2.14 bits per heavy atom. The molecule has 0 bridgehead atoms. The van der Waals surface area contributed by atoms with Crippen LogP contribution in [0.15, 0.2) is 15.3 Å². The Labute approximate surface area is 85.2 Å². The zero-order chi connectivity index (χ0) is 11.0. The van der Waals surface area contributed by atoms with E-state index in [4.69, 9.17) is 5.73 Å². The number of nitrogens with one attached hydrogen (secondary N) is 1. The fourth-order valence-electron chi connectivity index (χ4n) is 0.464. The SMILES string of the molecule is CC/C(C)=N/N=C(\N)N/N=C(\C)CC. The zero-order valence-corrected chi connectivity index (χ0v) is 9.33. The van der Waals surface area contributed by atoms with E-state index in [1.807, 2.05) is 27.7 Å². The molecule has 0 saturated carbocycles. The van der Waals surface area contributed by atoms with E-state index >= 15 is 0 Å².